The van der Waals surface area contributed by atoms with Crippen LogP contribution in [0.2, 0.25) is 5.02 Å². The zero-order valence-electron chi connectivity index (χ0n) is 11.0. The van der Waals surface area contributed by atoms with Crippen molar-refractivity contribution >= 4 is 28.5 Å². The Hall–Kier alpha value is -2.66. The molecule has 0 saturated heterocycles. The first-order valence-electron chi connectivity index (χ1n) is 6.29. The molecule has 2 N–H and O–H groups in total. The lowest BCUT2D eigenvalue weighted by Crippen LogP contribution is -2.02. The summed E-state index contributed by atoms with van der Waals surface area (Å²) >= 11 is 5.80. The minimum atomic E-state index is -1.36. The van der Waals surface area contributed by atoms with Crippen molar-refractivity contribution in [3.05, 3.63) is 58.9 Å². The third-order valence-electron chi connectivity index (χ3n) is 3.27. The number of pyridine rings is 1. The minimum Gasteiger partial charge on any atom is -0.505 e. The number of carboxylic acids is 1. The van der Waals surface area contributed by atoms with Crippen LogP contribution in [-0.2, 0) is 0 Å². The van der Waals surface area contributed by atoms with Crippen molar-refractivity contribution in [2.45, 2.75) is 0 Å². The highest BCUT2D eigenvalue weighted by molar-refractivity contribution is 6.30. The van der Waals surface area contributed by atoms with Crippen molar-refractivity contribution in [2.75, 3.05) is 0 Å². The number of para-hydroxylation sites is 1. The van der Waals surface area contributed by atoms with E-state index >= 15 is 0 Å². The number of aromatic carboxylic acids is 1. The standard InChI is InChI=1S/C16H9ClFNO3/c17-9-6-4-8(5-7-9)13-15(20)12(16(21)22)10-2-1-3-11(18)14(10)19-13/h1-7,20H,(H,21,22). The summed E-state index contributed by atoms with van der Waals surface area (Å²) in [5.74, 6) is -2.52. The van der Waals surface area contributed by atoms with Crippen molar-refractivity contribution in [2.24, 2.45) is 0 Å². The third kappa shape index (κ3) is 2.25. The number of hydrogen-bond acceptors (Lipinski definition) is 3. The molecule has 0 amide bonds. The molecule has 0 saturated carbocycles. The van der Waals surface area contributed by atoms with Crippen LogP contribution in [0.4, 0.5) is 4.39 Å². The number of aromatic hydroxyl groups is 1. The Balaban J connectivity index is 2.41. The smallest absolute Gasteiger partial charge is 0.340 e. The molecule has 6 heteroatoms. The van der Waals surface area contributed by atoms with Crippen molar-refractivity contribution in [1.29, 1.82) is 0 Å². The first kappa shape index (κ1) is 14.3. The highest BCUT2D eigenvalue weighted by Gasteiger charge is 2.22. The van der Waals surface area contributed by atoms with Gasteiger partial charge < -0.3 is 10.2 Å². The van der Waals surface area contributed by atoms with Crippen molar-refractivity contribution < 1.29 is 19.4 Å². The SMILES string of the molecule is O=C(O)c1c(O)c(-c2ccc(Cl)cc2)nc2c(F)cccc12. The predicted octanol–water partition coefficient (Wildman–Crippen LogP) is 4.10. The molecule has 3 aromatic rings. The topological polar surface area (TPSA) is 70.4 Å². The van der Waals surface area contributed by atoms with Crippen molar-refractivity contribution in [1.82, 2.24) is 4.98 Å². The number of benzene rings is 2. The Kier molecular flexibility index (Phi) is 3.42. The Morgan fingerprint density at radius 1 is 1.14 bits per heavy atom. The van der Waals surface area contributed by atoms with E-state index < -0.39 is 17.5 Å². The summed E-state index contributed by atoms with van der Waals surface area (Å²) in [7, 11) is 0. The van der Waals surface area contributed by atoms with E-state index in [1.54, 1.807) is 24.3 Å². The van der Waals surface area contributed by atoms with Crippen LogP contribution in [0.1, 0.15) is 10.4 Å². The summed E-state index contributed by atoms with van der Waals surface area (Å²) in [6.45, 7) is 0. The Morgan fingerprint density at radius 3 is 2.45 bits per heavy atom. The van der Waals surface area contributed by atoms with Gasteiger partial charge in [-0.15, -0.1) is 0 Å². The molecule has 1 aromatic heterocycles. The van der Waals surface area contributed by atoms with E-state index in [-0.39, 0.29) is 22.2 Å². The van der Waals surface area contributed by atoms with Gasteiger partial charge in [-0.2, -0.15) is 0 Å². The summed E-state index contributed by atoms with van der Waals surface area (Å²) in [5.41, 5.74) is -0.0571. The highest BCUT2D eigenvalue weighted by atomic mass is 35.5. The van der Waals surface area contributed by atoms with Gasteiger partial charge in [0, 0.05) is 16.0 Å². The second-order valence-corrected chi connectivity index (χ2v) is 5.07. The highest BCUT2D eigenvalue weighted by Crippen LogP contribution is 2.36. The van der Waals surface area contributed by atoms with Crippen LogP contribution in [0.25, 0.3) is 22.2 Å². The molecular weight excluding hydrogens is 309 g/mol. The number of rotatable bonds is 2. The molecule has 0 aliphatic rings. The molecule has 110 valence electrons. The van der Waals surface area contributed by atoms with E-state index in [0.29, 0.717) is 10.6 Å². The third-order valence-corrected chi connectivity index (χ3v) is 3.52. The summed E-state index contributed by atoms with van der Waals surface area (Å²) in [6, 6.07) is 10.2. The second kappa shape index (κ2) is 5.27. The Morgan fingerprint density at radius 2 is 1.82 bits per heavy atom. The minimum absolute atomic E-state index is 0.00772. The number of hydrogen-bond donors (Lipinski definition) is 2. The molecule has 0 aliphatic carbocycles. The van der Waals surface area contributed by atoms with Gasteiger partial charge in [0.25, 0.3) is 0 Å². The first-order valence-corrected chi connectivity index (χ1v) is 6.67. The lowest BCUT2D eigenvalue weighted by atomic mass is 10.0. The molecule has 2 aromatic carbocycles. The fourth-order valence-corrected chi connectivity index (χ4v) is 2.39. The molecule has 22 heavy (non-hydrogen) atoms. The molecule has 0 atom stereocenters. The maximum atomic E-state index is 14.0. The molecule has 0 bridgehead atoms. The average molecular weight is 318 g/mol. The van der Waals surface area contributed by atoms with E-state index in [2.05, 4.69) is 4.98 Å². The largest absolute Gasteiger partial charge is 0.505 e. The van der Waals surface area contributed by atoms with E-state index in [4.69, 9.17) is 11.6 Å². The molecule has 0 aliphatic heterocycles. The Bertz CT molecular complexity index is 894. The van der Waals surface area contributed by atoms with E-state index in [1.165, 1.54) is 18.2 Å². The van der Waals surface area contributed by atoms with Crippen LogP contribution in [0.15, 0.2) is 42.5 Å². The second-order valence-electron chi connectivity index (χ2n) is 4.63. The molecule has 1 heterocycles. The van der Waals surface area contributed by atoms with Crippen LogP contribution in [0.5, 0.6) is 5.75 Å². The van der Waals surface area contributed by atoms with Gasteiger partial charge in [0.15, 0.2) is 5.75 Å². The van der Waals surface area contributed by atoms with Gasteiger partial charge in [-0.05, 0) is 18.2 Å². The van der Waals surface area contributed by atoms with Gasteiger partial charge in [0.1, 0.15) is 22.6 Å². The van der Waals surface area contributed by atoms with Gasteiger partial charge in [0.2, 0.25) is 0 Å². The molecule has 0 spiro atoms. The zero-order valence-corrected chi connectivity index (χ0v) is 11.8. The quantitative estimate of drug-likeness (QED) is 0.746. The maximum absolute atomic E-state index is 14.0. The molecule has 4 nitrogen and oxygen atoms in total. The van der Waals surface area contributed by atoms with Crippen molar-refractivity contribution in [3.8, 4) is 17.0 Å². The summed E-state index contributed by atoms with van der Waals surface area (Å²) < 4.78 is 14.0. The normalized spacial score (nSPS) is 10.8. The Labute approximate surface area is 129 Å². The molecular formula is C16H9ClFNO3. The van der Waals surface area contributed by atoms with E-state index in [1.807, 2.05) is 0 Å². The van der Waals surface area contributed by atoms with Gasteiger partial charge in [0.05, 0.1) is 0 Å². The zero-order chi connectivity index (χ0) is 15.9. The van der Waals surface area contributed by atoms with Crippen LogP contribution < -0.4 is 0 Å². The van der Waals surface area contributed by atoms with E-state index in [9.17, 15) is 19.4 Å². The molecule has 0 unspecified atom stereocenters. The first-order chi connectivity index (χ1) is 10.5. The predicted molar refractivity (Wildman–Crippen MR) is 80.8 cm³/mol. The fourth-order valence-electron chi connectivity index (χ4n) is 2.27. The summed E-state index contributed by atoms with van der Waals surface area (Å²) in [6.07, 6.45) is 0. The molecule has 0 fully saturated rings. The number of carbonyl (C=O) groups is 1. The average Bonchev–Trinajstić information content (AvgIpc) is 2.47. The summed E-state index contributed by atoms with van der Waals surface area (Å²) in [4.78, 5) is 15.5. The van der Waals surface area contributed by atoms with E-state index in [0.717, 1.165) is 0 Å². The van der Waals surface area contributed by atoms with Gasteiger partial charge in [-0.3, -0.25) is 0 Å². The van der Waals surface area contributed by atoms with Crippen LogP contribution in [-0.4, -0.2) is 21.2 Å². The fraction of sp³-hybridized carbons (Fsp3) is 0. The van der Waals surface area contributed by atoms with Gasteiger partial charge in [-0.25, -0.2) is 14.2 Å². The monoisotopic (exact) mass is 317 g/mol. The van der Waals surface area contributed by atoms with Gasteiger partial charge in [-0.1, -0.05) is 35.9 Å². The number of fused-ring (bicyclic) bond motifs is 1. The molecule has 0 radical (unpaired) electrons. The van der Waals surface area contributed by atoms with Gasteiger partial charge >= 0.3 is 5.97 Å². The number of aromatic nitrogens is 1. The van der Waals surface area contributed by atoms with Crippen LogP contribution >= 0.6 is 11.6 Å². The summed E-state index contributed by atoms with van der Waals surface area (Å²) in [5, 5.41) is 20.1. The number of halogens is 2. The van der Waals surface area contributed by atoms with Crippen LogP contribution in [0, 0.1) is 5.82 Å². The number of nitrogens with zero attached hydrogens (tertiary/aromatic N) is 1. The lowest BCUT2D eigenvalue weighted by Gasteiger charge is -2.11. The van der Waals surface area contributed by atoms with Crippen LogP contribution in [0.3, 0.4) is 0 Å². The maximum Gasteiger partial charge on any atom is 0.340 e. The van der Waals surface area contributed by atoms with Crippen molar-refractivity contribution in [3.63, 3.8) is 0 Å². The lowest BCUT2D eigenvalue weighted by molar-refractivity contribution is 0.0696. The molecule has 3 rings (SSSR count). The number of carboxylic acid groups (broad SMARTS) is 1.